The van der Waals surface area contributed by atoms with Crippen molar-refractivity contribution in [3.63, 3.8) is 0 Å². The van der Waals surface area contributed by atoms with Crippen molar-refractivity contribution in [2.24, 2.45) is 0 Å². The number of rotatable bonds is 6. The molecule has 0 spiro atoms. The van der Waals surface area contributed by atoms with Crippen molar-refractivity contribution in [2.75, 3.05) is 22.4 Å². The molecule has 0 radical (unpaired) electrons. The number of benzene rings is 2. The van der Waals surface area contributed by atoms with E-state index in [0.717, 1.165) is 26.7 Å². The Morgan fingerprint density at radius 2 is 1.96 bits per heavy atom. The number of hydrogen-bond acceptors (Lipinski definition) is 5. The van der Waals surface area contributed by atoms with Gasteiger partial charge in [0.1, 0.15) is 6.54 Å². The Balaban J connectivity index is 2.25. The van der Waals surface area contributed by atoms with Crippen molar-refractivity contribution in [3.8, 4) is 0 Å². The molecule has 8 nitrogen and oxygen atoms in total. The predicted octanol–water partition coefficient (Wildman–Crippen LogP) is 3.07. The van der Waals surface area contributed by atoms with Crippen molar-refractivity contribution in [1.82, 2.24) is 0 Å². The van der Waals surface area contributed by atoms with E-state index in [4.69, 9.17) is 0 Å². The van der Waals surface area contributed by atoms with Crippen LogP contribution >= 0.6 is 15.9 Å². The number of nitro groups is 1. The SMILES string of the molecule is Cc1cc(NC(=O)CN(c2cccc([N+](=O)[O-])c2)S(C)(=O)=O)ccc1Br. The zero-order chi connectivity index (χ0) is 19.5. The number of nitrogens with one attached hydrogen (secondary N) is 1. The molecule has 0 unspecified atom stereocenters. The molecule has 2 aromatic carbocycles. The number of nitrogens with zero attached hydrogens (tertiary/aromatic N) is 2. The molecule has 0 heterocycles. The van der Waals surface area contributed by atoms with Crippen LogP contribution in [0.25, 0.3) is 0 Å². The summed E-state index contributed by atoms with van der Waals surface area (Å²) in [5, 5.41) is 13.5. The summed E-state index contributed by atoms with van der Waals surface area (Å²) in [6.45, 7) is 1.35. The number of anilines is 2. The third kappa shape index (κ3) is 5.02. The van der Waals surface area contributed by atoms with E-state index < -0.39 is 27.4 Å². The number of aryl methyl sites for hydroxylation is 1. The van der Waals surface area contributed by atoms with Crippen molar-refractivity contribution in [2.45, 2.75) is 6.92 Å². The van der Waals surface area contributed by atoms with E-state index in [1.807, 2.05) is 6.92 Å². The normalized spacial score (nSPS) is 11.0. The van der Waals surface area contributed by atoms with Crippen molar-refractivity contribution < 1.29 is 18.1 Å². The average Bonchev–Trinajstić information content (AvgIpc) is 2.55. The van der Waals surface area contributed by atoms with Gasteiger partial charge in [-0.25, -0.2) is 8.42 Å². The van der Waals surface area contributed by atoms with Gasteiger partial charge in [0.25, 0.3) is 5.69 Å². The summed E-state index contributed by atoms with van der Waals surface area (Å²) in [5.41, 5.74) is 1.20. The molecule has 10 heteroatoms. The highest BCUT2D eigenvalue weighted by molar-refractivity contribution is 9.10. The maximum absolute atomic E-state index is 12.3. The monoisotopic (exact) mass is 441 g/mol. The van der Waals surface area contributed by atoms with E-state index in [2.05, 4.69) is 21.2 Å². The molecule has 26 heavy (non-hydrogen) atoms. The molecule has 2 rings (SSSR count). The Morgan fingerprint density at radius 3 is 2.54 bits per heavy atom. The molecule has 0 aliphatic rings. The van der Waals surface area contributed by atoms with Gasteiger partial charge in [-0.15, -0.1) is 0 Å². The van der Waals surface area contributed by atoms with Gasteiger partial charge in [0, 0.05) is 22.3 Å². The lowest BCUT2D eigenvalue weighted by atomic mass is 10.2. The summed E-state index contributed by atoms with van der Waals surface area (Å²) in [6.07, 6.45) is 0.933. The minimum atomic E-state index is -3.82. The minimum absolute atomic E-state index is 0.0452. The molecular formula is C16H16BrN3O5S. The zero-order valence-electron chi connectivity index (χ0n) is 14.0. The molecule has 0 bridgehead atoms. The highest BCUT2D eigenvalue weighted by Crippen LogP contribution is 2.24. The van der Waals surface area contributed by atoms with Gasteiger partial charge < -0.3 is 5.32 Å². The van der Waals surface area contributed by atoms with E-state index in [1.165, 1.54) is 18.2 Å². The van der Waals surface area contributed by atoms with Crippen molar-refractivity contribution in [1.29, 1.82) is 0 Å². The Morgan fingerprint density at radius 1 is 1.27 bits per heavy atom. The van der Waals surface area contributed by atoms with Crippen LogP contribution in [-0.2, 0) is 14.8 Å². The molecule has 1 N–H and O–H groups in total. The molecular weight excluding hydrogens is 426 g/mol. The largest absolute Gasteiger partial charge is 0.325 e. The van der Waals surface area contributed by atoms with Gasteiger partial charge in [0.05, 0.1) is 16.9 Å². The van der Waals surface area contributed by atoms with Gasteiger partial charge in [-0.05, 0) is 36.8 Å². The quantitative estimate of drug-likeness (QED) is 0.546. The number of carbonyl (C=O) groups is 1. The molecule has 2 aromatic rings. The van der Waals surface area contributed by atoms with Gasteiger partial charge in [0.2, 0.25) is 15.9 Å². The number of non-ortho nitro benzene ring substituents is 1. The van der Waals surface area contributed by atoms with Crippen LogP contribution in [0, 0.1) is 17.0 Å². The third-order valence-electron chi connectivity index (χ3n) is 3.46. The van der Waals surface area contributed by atoms with E-state index in [-0.39, 0.29) is 11.4 Å². The lowest BCUT2D eigenvalue weighted by Crippen LogP contribution is -2.37. The van der Waals surface area contributed by atoms with Crippen LogP contribution in [0.15, 0.2) is 46.9 Å². The first-order chi connectivity index (χ1) is 12.1. The Labute approximate surface area is 159 Å². The van der Waals surface area contributed by atoms with Crippen LogP contribution in [0.1, 0.15) is 5.56 Å². The molecule has 138 valence electrons. The molecule has 0 fully saturated rings. The summed E-state index contributed by atoms with van der Waals surface area (Å²) < 4.78 is 25.8. The topological polar surface area (TPSA) is 110 Å². The molecule has 1 amide bonds. The van der Waals surface area contributed by atoms with E-state index >= 15 is 0 Å². The fourth-order valence-corrected chi connectivity index (χ4v) is 3.31. The molecule has 0 saturated carbocycles. The number of hydrogen-bond donors (Lipinski definition) is 1. The van der Waals surface area contributed by atoms with E-state index in [9.17, 15) is 23.3 Å². The summed E-state index contributed by atoms with van der Waals surface area (Å²) in [5.74, 6) is -0.566. The maximum atomic E-state index is 12.3. The Bertz CT molecular complexity index is 962. The summed E-state index contributed by atoms with van der Waals surface area (Å²) in [4.78, 5) is 22.6. The molecule has 0 aliphatic heterocycles. The van der Waals surface area contributed by atoms with Gasteiger partial charge in [-0.3, -0.25) is 19.2 Å². The summed E-state index contributed by atoms with van der Waals surface area (Å²) in [7, 11) is -3.82. The van der Waals surface area contributed by atoms with Gasteiger partial charge in [-0.2, -0.15) is 0 Å². The average molecular weight is 442 g/mol. The number of nitro benzene ring substituents is 1. The van der Waals surface area contributed by atoms with Crippen LogP contribution in [-0.4, -0.2) is 32.0 Å². The molecule has 0 aromatic heterocycles. The number of halogens is 1. The lowest BCUT2D eigenvalue weighted by Gasteiger charge is -2.21. The first-order valence-electron chi connectivity index (χ1n) is 7.36. The standard InChI is InChI=1S/C16H16BrN3O5S/c1-11-8-12(6-7-15(11)17)18-16(21)10-19(26(2,24)25)13-4-3-5-14(9-13)20(22)23/h3-9H,10H2,1-2H3,(H,18,21). The highest BCUT2D eigenvalue weighted by Gasteiger charge is 2.22. The fourth-order valence-electron chi connectivity index (χ4n) is 2.22. The number of sulfonamides is 1. The van der Waals surface area contributed by atoms with Gasteiger partial charge >= 0.3 is 0 Å². The van der Waals surface area contributed by atoms with E-state index in [1.54, 1.807) is 18.2 Å². The molecule has 0 saturated heterocycles. The second kappa shape index (κ2) is 7.83. The number of carbonyl (C=O) groups excluding carboxylic acids is 1. The summed E-state index contributed by atoms with van der Waals surface area (Å²) in [6, 6.07) is 10.3. The second-order valence-corrected chi connectivity index (χ2v) is 8.32. The maximum Gasteiger partial charge on any atom is 0.271 e. The Hall–Kier alpha value is -2.46. The van der Waals surface area contributed by atoms with Crippen LogP contribution < -0.4 is 9.62 Å². The lowest BCUT2D eigenvalue weighted by molar-refractivity contribution is -0.384. The highest BCUT2D eigenvalue weighted by atomic mass is 79.9. The Kier molecular flexibility index (Phi) is 5.98. The van der Waals surface area contributed by atoms with Crippen LogP contribution in [0.5, 0.6) is 0 Å². The molecule has 0 aliphatic carbocycles. The smallest absolute Gasteiger partial charge is 0.271 e. The van der Waals surface area contributed by atoms with Crippen molar-refractivity contribution >= 4 is 48.9 Å². The zero-order valence-corrected chi connectivity index (χ0v) is 16.4. The number of amides is 1. The van der Waals surface area contributed by atoms with Gasteiger partial charge in [0.15, 0.2) is 0 Å². The van der Waals surface area contributed by atoms with E-state index in [0.29, 0.717) is 5.69 Å². The minimum Gasteiger partial charge on any atom is -0.325 e. The predicted molar refractivity (Wildman–Crippen MR) is 103 cm³/mol. The third-order valence-corrected chi connectivity index (χ3v) is 5.49. The van der Waals surface area contributed by atoms with Crippen molar-refractivity contribution in [3.05, 3.63) is 62.6 Å². The fraction of sp³-hybridized carbons (Fsp3) is 0.188. The van der Waals surface area contributed by atoms with Gasteiger partial charge in [-0.1, -0.05) is 22.0 Å². The first kappa shape index (κ1) is 19.9. The first-order valence-corrected chi connectivity index (χ1v) is 10.0. The van der Waals surface area contributed by atoms with Crippen LogP contribution in [0.2, 0.25) is 0 Å². The van der Waals surface area contributed by atoms with Crippen LogP contribution in [0.4, 0.5) is 17.1 Å². The van der Waals surface area contributed by atoms with Crippen LogP contribution in [0.3, 0.4) is 0 Å². The second-order valence-electron chi connectivity index (χ2n) is 5.56. The summed E-state index contributed by atoms with van der Waals surface area (Å²) >= 11 is 3.36. The molecule has 0 atom stereocenters.